The van der Waals surface area contributed by atoms with E-state index < -0.39 is 0 Å². The molecule has 0 bridgehead atoms. The molecule has 2 aromatic carbocycles. The molecule has 0 aliphatic heterocycles. The molecular weight excluding hydrogens is 330 g/mol. The molecule has 0 aliphatic carbocycles. The fourth-order valence-electron chi connectivity index (χ4n) is 2.60. The summed E-state index contributed by atoms with van der Waals surface area (Å²) in [5, 5.41) is 11.5. The van der Waals surface area contributed by atoms with Gasteiger partial charge in [-0.15, -0.1) is 10.2 Å². The van der Waals surface area contributed by atoms with Gasteiger partial charge < -0.3 is 14.2 Å². The van der Waals surface area contributed by atoms with Gasteiger partial charge in [0, 0.05) is 11.1 Å². The highest BCUT2D eigenvalue weighted by atomic mass is 16.5. The lowest BCUT2D eigenvalue weighted by molar-refractivity contribution is 0.266. The minimum absolute atomic E-state index is 0.353. The fourth-order valence-corrected chi connectivity index (χ4v) is 2.60. The van der Waals surface area contributed by atoms with Crippen molar-refractivity contribution >= 4 is 0 Å². The topological polar surface area (TPSA) is 66.4 Å². The van der Waals surface area contributed by atoms with E-state index in [1.807, 2.05) is 56.3 Å². The van der Waals surface area contributed by atoms with Gasteiger partial charge in [-0.1, -0.05) is 24.3 Å². The number of nitrogens with zero attached hydrogens (tertiary/aromatic N) is 3. The highest BCUT2D eigenvalue weighted by Gasteiger charge is 2.13. The molecule has 0 unspecified atom stereocenters. The second-order valence-corrected chi connectivity index (χ2v) is 5.40. The number of benzene rings is 2. The highest BCUT2D eigenvalue weighted by Crippen LogP contribution is 2.34. The average molecular weight is 351 g/mol. The maximum absolute atomic E-state index is 6.07. The summed E-state index contributed by atoms with van der Waals surface area (Å²) >= 11 is 0. The van der Waals surface area contributed by atoms with Gasteiger partial charge in [0.2, 0.25) is 0 Å². The smallest absolute Gasteiger partial charge is 0.167 e. The molecule has 0 atom stereocenters. The van der Waals surface area contributed by atoms with Gasteiger partial charge in [-0.3, -0.25) is 0 Å². The van der Waals surface area contributed by atoms with E-state index in [9.17, 15) is 0 Å². The molecule has 0 spiro atoms. The van der Waals surface area contributed by atoms with Gasteiger partial charge in [0.05, 0.1) is 19.4 Å². The Hall–Kier alpha value is -3.15. The Morgan fingerprint density at radius 2 is 1.62 bits per heavy atom. The van der Waals surface area contributed by atoms with Crippen LogP contribution in [-0.4, -0.2) is 28.6 Å². The van der Waals surface area contributed by atoms with Crippen LogP contribution in [0.2, 0.25) is 0 Å². The predicted molar refractivity (Wildman–Crippen MR) is 98.4 cm³/mol. The van der Waals surface area contributed by atoms with Crippen LogP contribution in [-0.2, 0) is 6.61 Å². The molecule has 0 amide bonds. The number of hydrogen-bond acceptors (Lipinski definition) is 6. The van der Waals surface area contributed by atoms with Crippen LogP contribution in [0.4, 0.5) is 0 Å². The summed E-state index contributed by atoms with van der Waals surface area (Å²) < 4.78 is 17.5. The molecule has 134 valence electrons. The zero-order chi connectivity index (χ0) is 18.2. The third-order valence-corrected chi connectivity index (χ3v) is 3.70. The van der Waals surface area contributed by atoms with Gasteiger partial charge in [0.1, 0.15) is 18.1 Å². The van der Waals surface area contributed by atoms with Crippen molar-refractivity contribution in [1.29, 1.82) is 0 Å². The summed E-state index contributed by atoms with van der Waals surface area (Å²) in [6.45, 7) is 5.38. The Morgan fingerprint density at radius 1 is 0.808 bits per heavy atom. The van der Waals surface area contributed by atoms with Crippen molar-refractivity contribution in [3.63, 3.8) is 0 Å². The second-order valence-electron chi connectivity index (χ2n) is 5.40. The molecular formula is C20H21N3O3. The molecule has 3 aromatic rings. The van der Waals surface area contributed by atoms with Crippen molar-refractivity contribution in [2.45, 2.75) is 20.5 Å². The molecule has 1 heterocycles. The van der Waals surface area contributed by atoms with Crippen LogP contribution in [0, 0.1) is 0 Å². The standard InChI is InChI=1S/C20H21N3O3/c1-3-24-19-11-7-8-15(20(19)25-4-2)14-26-18-10-6-5-9-16(18)17-12-13-21-23-22-17/h5-13H,3-4,14H2,1-2H3. The average Bonchev–Trinajstić information content (AvgIpc) is 2.69. The first kappa shape index (κ1) is 17.7. The number of para-hydroxylation sites is 2. The zero-order valence-corrected chi connectivity index (χ0v) is 14.9. The summed E-state index contributed by atoms with van der Waals surface area (Å²) in [7, 11) is 0. The molecule has 0 saturated heterocycles. The molecule has 26 heavy (non-hydrogen) atoms. The van der Waals surface area contributed by atoms with Gasteiger partial charge in [-0.25, -0.2) is 0 Å². The van der Waals surface area contributed by atoms with Crippen molar-refractivity contribution < 1.29 is 14.2 Å². The van der Waals surface area contributed by atoms with E-state index in [1.165, 1.54) is 0 Å². The Bertz CT molecular complexity index is 841. The lowest BCUT2D eigenvalue weighted by Crippen LogP contribution is -2.04. The quantitative estimate of drug-likeness (QED) is 0.613. The third kappa shape index (κ3) is 4.08. The monoisotopic (exact) mass is 351 g/mol. The van der Waals surface area contributed by atoms with E-state index in [1.54, 1.807) is 12.3 Å². The molecule has 6 heteroatoms. The summed E-state index contributed by atoms with van der Waals surface area (Å²) in [4.78, 5) is 0. The van der Waals surface area contributed by atoms with Crippen molar-refractivity contribution in [1.82, 2.24) is 15.4 Å². The van der Waals surface area contributed by atoms with Gasteiger partial charge in [-0.2, -0.15) is 0 Å². The SMILES string of the molecule is CCOc1cccc(COc2ccccc2-c2ccnnn2)c1OCC. The van der Waals surface area contributed by atoms with Crippen LogP contribution in [0.1, 0.15) is 19.4 Å². The van der Waals surface area contributed by atoms with Crippen LogP contribution in [0.5, 0.6) is 17.2 Å². The minimum Gasteiger partial charge on any atom is -0.490 e. The number of aromatic nitrogens is 3. The number of hydrogen-bond donors (Lipinski definition) is 0. The van der Waals surface area contributed by atoms with Crippen LogP contribution in [0.15, 0.2) is 54.7 Å². The summed E-state index contributed by atoms with van der Waals surface area (Å²) in [6.07, 6.45) is 1.61. The van der Waals surface area contributed by atoms with E-state index in [2.05, 4.69) is 15.4 Å². The molecule has 0 N–H and O–H groups in total. The molecule has 3 rings (SSSR count). The normalized spacial score (nSPS) is 10.4. The summed E-state index contributed by atoms with van der Waals surface area (Å²) in [5.74, 6) is 2.17. The summed E-state index contributed by atoms with van der Waals surface area (Å²) in [6, 6.07) is 15.3. The molecule has 0 radical (unpaired) electrons. The van der Waals surface area contributed by atoms with Gasteiger partial charge in [0.25, 0.3) is 0 Å². The molecule has 0 aliphatic rings. The molecule has 0 fully saturated rings. The maximum Gasteiger partial charge on any atom is 0.167 e. The van der Waals surface area contributed by atoms with Crippen molar-refractivity contribution in [2.24, 2.45) is 0 Å². The highest BCUT2D eigenvalue weighted by molar-refractivity contribution is 5.66. The Labute approximate surface area is 152 Å². The summed E-state index contributed by atoms with van der Waals surface area (Å²) in [5.41, 5.74) is 2.50. The lowest BCUT2D eigenvalue weighted by atomic mass is 10.1. The number of rotatable bonds is 8. The van der Waals surface area contributed by atoms with Crippen molar-refractivity contribution in [3.05, 3.63) is 60.3 Å². The molecule has 1 aromatic heterocycles. The van der Waals surface area contributed by atoms with Crippen LogP contribution < -0.4 is 14.2 Å². The predicted octanol–water partition coefficient (Wildman–Crippen LogP) is 3.92. The van der Waals surface area contributed by atoms with Gasteiger partial charge in [-0.05, 0) is 43.3 Å². The maximum atomic E-state index is 6.07. The van der Waals surface area contributed by atoms with Crippen molar-refractivity contribution in [3.8, 4) is 28.5 Å². The van der Waals surface area contributed by atoms with E-state index in [-0.39, 0.29) is 0 Å². The molecule has 0 saturated carbocycles. The van der Waals surface area contributed by atoms with Crippen molar-refractivity contribution in [2.75, 3.05) is 13.2 Å². The Balaban J connectivity index is 1.85. The third-order valence-electron chi connectivity index (χ3n) is 3.70. The first-order chi connectivity index (χ1) is 12.8. The Kier molecular flexibility index (Phi) is 5.98. The largest absolute Gasteiger partial charge is 0.490 e. The van der Waals surface area contributed by atoms with Crippen LogP contribution in [0.25, 0.3) is 11.3 Å². The van der Waals surface area contributed by atoms with Crippen LogP contribution in [0.3, 0.4) is 0 Å². The minimum atomic E-state index is 0.353. The first-order valence-electron chi connectivity index (χ1n) is 8.57. The lowest BCUT2D eigenvalue weighted by Gasteiger charge is -2.16. The Morgan fingerprint density at radius 3 is 2.38 bits per heavy atom. The van der Waals surface area contributed by atoms with E-state index >= 15 is 0 Å². The zero-order valence-electron chi connectivity index (χ0n) is 14.9. The second kappa shape index (κ2) is 8.80. The first-order valence-corrected chi connectivity index (χ1v) is 8.57. The van der Waals surface area contributed by atoms with E-state index in [4.69, 9.17) is 14.2 Å². The van der Waals surface area contributed by atoms with Gasteiger partial charge >= 0.3 is 0 Å². The van der Waals surface area contributed by atoms with E-state index in [0.29, 0.717) is 25.5 Å². The fraction of sp³-hybridized carbons (Fsp3) is 0.250. The van der Waals surface area contributed by atoms with E-state index in [0.717, 1.165) is 28.4 Å². The van der Waals surface area contributed by atoms with Crippen LogP contribution >= 0.6 is 0 Å². The van der Waals surface area contributed by atoms with Gasteiger partial charge in [0.15, 0.2) is 11.5 Å². The number of ether oxygens (including phenoxy) is 3. The molecule has 6 nitrogen and oxygen atoms in total.